The molecule has 1 rings (SSSR count). The molecule has 0 radical (unpaired) electrons. The average Bonchev–Trinajstić information content (AvgIpc) is 2.58. The van der Waals surface area contributed by atoms with Crippen LogP contribution >= 0.6 is 23.0 Å². The first kappa shape index (κ1) is 15.6. The third kappa shape index (κ3) is 4.30. The van der Waals surface area contributed by atoms with Gasteiger partial charge in [-0.25, -0.2) is 0 Å². The van der Waals surface area contributed by atoms with E-state index in [-0.39, 0.29) is 24.3 Å². The number of hydrogen-bond donors (Lipinski definition) is 2. The van der Waals surface area contributed by atoms with Gasteiger partial charge >= 0.3 is 0 Å². The lowest BCUT2D eigenvalue weighted by Gasteiger charge is -2.21. The number of nitrogens with two attached hydrogens (primary N) is 1. The summed E-state index contributed by atoms with van der Waals surface area (Å²) in [7, 11) is 3.45. The van der Waals surface area contributed by atoms with Crippen LogP contribution in [-0.2, 0) is 17.3 Å². The molecule has 1 aliphatic heterocycles. The molecule has 3 N–H and O–H groups in total. The standard InChI is InChI=1S/C9H19BINO5/c1-14-5(2-12)3-15-8-7(13)6(4-16-11)17-9(8)10/h5-9,13H,2-4,10,12H2,1H3/t5?,6-,7?,8?,9-/m1/s1. The van der Waals surface area contributed by atoms with Gasteiger partial charge in [-0.3, -0.25) is 0 Å². The first-order valence-corrected chi connectivity index (χ1v) is 6.43. The molecule has 5 atom stereocenters. The minimum Gasteiger partial charge on any atom is -0.388 e. The van der Waals surface area contributed by atoms with Crippen LogP contribution in [0, 0.1) is 0 Å². The van der Waals surface area contributed by atoms with Gasteiger partial charge in [0.15, 0.2) is 0 Å². The molecule has 1 saturated heterocycles. The zero-order valence-corrected chi connectivity index (χ0v) is 12.2. The van der Waals surface area contributed by atoms with E-state index in [2.05, 4.69) is 0 Å². The Morgan fingerprint density at radius 3 is 2.82 bits per heavy atom. The molecule has 0 spiro atoms. The fourth-order valence-electron chi connectivity index (χ4n) is 1.81. The lowest BCUT2D eigenvalue weighted by molar-refractivity contribution is -0.0624. The molecule has 0 saturated carbocycles. The zero-order valence-electron chi connectivity index (χ0n) is 10.0. The van der Waals surface area contributed by atoms with Crippen molar-refractivity contribution in [3.05, 3.63) is 0 Å². The van der Waals surface area contributed by atoms with Crippen molar-refractivity contribution in [1.82, 2.24) is 0 Å². The predicted molar refractivity (Wildman–Crippen MR) is 72.8 cm³/mol. The maximum atomic E-state index is 10.0. The van der Waals surface area contributed by atoms with Crippen LogP contribution in [0.1, 0.15) is 0 Å². The van der Waals surface area contributed by atoms with Gasteiger partial charge in [0.1, 0.15) is 49.2 Å². The molecule has 6 nitrogen and oxygen atoms in total. The molecule has 1 aliphatic rings. The second kappa shape index (κ2) is 7.87. The Balaban J connectivity index is 2.42. The first-order chi connectivity index (χ1) is 8.13. The summed E-state index contributed by atoms with van der Waals surface area (Å²) in [6, 6.07) is -0.170. The van der Waals surface area contributed by atoms with Crippen molar-refractivity contribution in [1.29, 1.82) is 0 Å². The van der Waals surface area contributed by atoms with E-state index in [1.54, 1.807) is 30.1 Å². The highest BCUT2D eigenvalue weighted by Gasteiger charge is 2.42. The highest BCUT2D eigenvalue weighted by atomic mass is 127. The summed E-state index contributed by atoms with van der Waals surface area (Å²) in [5, 5.41) is 10.0. The van der Waals surface area contributed by atoms with Gasteiger partial charge in [0.25, 0.3) is 0 Å². The van der Waals surface area contributed by atoms with Gasteiger partial charge in [-0.15, -0.1) is 0 Å². The topological polar surface area (TPSA) is 83.2 Å². The second-order valence-electron chi connectivity index (χ2n) is 4.04. The summed E-state index contributed by atoms with van der Waals surface area (Å²) in [5.41, 5.74) is 5.49. The fourth-order valence-corrected chi connectivity index (χ4v) is 2.16. The van der Waals surface area contributed by atoms with Crippen LogP contribution in [0.2, 0.25) is 0 Å². The summed E-state index contributed by atoms with van der Waals surface area (Å²) >= 11 is 1.78. The third-order valence-corrected chi connectivity index (χ3v) is 3.23. The molecular weight excluding hydrogens is 340 g/mol. The Bertz CT molecular complexity index is 222. The van der Waals surface area contributed by atoms with Gasteiger partial charge in [0, 0.05) is 13.7 Å². The number of ether oxygens (including phenoxy) is 3. The smallest absolute Gasteiger partial charge is 0.142 e. The van der Waals surface area contributed by atoms with E-state index in [1.807, 2.05) is 7.85 Å². The van der Waals surface area contributed by atoms with E-state index >= 15 is 0 Å². The number of aliphatic hydroxyl groups is 1. The maximum absolute atomic E-state index is 10.0. The quantitative estimate of drug-likeness (QED) is 0.422. The summed E-state index contributed by atoms with van der Waals surface area (Å²) in [4.78, 5) is 0. The normalized spacial score (nSPS) is 35.1. The van der Waals surface area contributed by atoms with E-state index in [9.17, 15) is 5.11 Å². The molecule has 0 aromatic heterocycles. The van der Waals surface area contributed by atoms with Crippen molar-refractivity contribution >= 4 is 30.9 Å². The van der Waals surface area contributed by atoms with Crippen molar-refractivity contribution in [2.24, 2.45) is 5.73 Å². The molecule has 8 heteroatoms. The molecule has 0 aromatic carbocycles. The number of rotatable bonds is 7. The van der Waals surface area contributed by atoms with E-state index in [1.165, 1.54) is 0 Å². The number of halogens is 1. The van der Waals surface area contributed by atoms with Crippen LogP contribution in [0.3, 0.4) is 0 Å². The molecule has 0 amide bonds. The van der Waals surface area contributed by atoms with E-state index in [0.29, 0.717) is 19.8 Å². The molecule has 100 valence electrons. The molecule has 0 aliphatic carbocycles. The minimum atomic E-state index is -0.685. The van der Waals surface area contributed by atoms with Gasteiger partial charge in [-0.1, -0.05) is 0 Å². The Morgan fingerprint density at radius 1 is 1.59 bits per heavy atom. The highest BCUT2D eigenvalue weighted by Crippen LogP contribution is 2.23. The second-order valence-corrected chi connectivity index (χ2v) is 4.66. The largest absolute Gasteiger partial charge is 0.388 e. The van der Waals surface area contributed by atoms with Crippen molar-refractivity contribution in [2.45, 2.75) is 30.4 Å². The van der Waals surface area contributed by atoms with Crippen molar-refractivity contribution in [2.75, 3.05) is 26.9 Å². The number of methoxy groups -OCH3 is 1. The SMILES string of the molecule is B[C@@H]1O[C@H](COI)C(O)C1OCC(CN)OC. The lowest BCUT2D eigenvalue weighted by atomic mass is 9.93. The summed E-state index contributed by atoms with van der Waals surface area (Å²) < 4.78 is 21.2. The van der Waals surface area contributed by atoms with Crippen LogP contribution in [0.4, 0.5) is 0 Å². The van der Waals surface area contributed by atoms with E-state index in [4.69, 9.17) is 23.0 Å². The van der Waals surface area contributed by atoms with Crippen LogP contribution in [-0.4, -0.2) is 70.2 Å². The van der Waals surface area contributed by atoms with Crippen molar-refractivity contribution < 1.29 is 22.4 Å². The predicted octanol–water partition coefficient (Wildman–Crippen LogP) is -1.57. The van der Waals surface area contributed by atoms with Crippen molar-refractivity contribution in [3.8, 4) is 0 Å². The van der Waals surface area contributed by atoms with Gasteiger partial charge in [0.2, 0.25) is 0 Å². The summed E-state index contributed by atoms with van der Waals surface area (Å²) in [6.45, 7) is 1.08. The molecule has 0 bridgehead atoms. The van der Waals surface area contributed by atoms with Crippen LogP contribution in [0.25, 0.3) is 0 Å². The number of aliphatic hydroxyl groups excluding tert-OH is 1. The number of hydrogen-bond acceptors (Lipinski definition) is 6. The maximum Gasteiger partial charge on any atom is 0.142 e. The Morgan fingerprint density at radius 2 is 2.29 bits per heavy atom. The van der Waals surface area contributed by atoms with Gasteiger partial charge < -0.3 is 28.1 Å². The zero-order chi connectivity index (χ0) is 12.8. The van der Waals surface area contributed by atoms with Crippen LogP contribution in [0.15, 0.2) is 0 Å². The molecular formula is C9H19BINO5. The molecule has 0 aromatic rings. The lowest BCUT2D eigenvalue weighted by Crippen LogP contribution is -2.39. The monoisotopic (exact) mass is 359 g/mol. The fraction of sp³-hybridized carbons (Fsp3) is 1.00. The molecule has 1 heterocycles. The van der Waals surface area contributed by atoms with Gasteiger partial charge in [0.05, 0.1) is 25.3 Å². The first-order valence-electron chi connectivity index (χ1n) is 5.55. The van der Waals surface area contributed by atoms with Crippen LogP contribution < -0.4 is 5.73 Å². The van der Waals surface area contributed by atoms with Crippen LogP contribution in [0.5, 0.6) is 0 Å². The van der Waals surface area contributed by atoms with Gasteiger partial charge in [-0.2, -0.15) is 0 Å². The Labute approximate surface area is 116 Å². The average molecular weight is 359 g/mol. The van der Waals surface area contributed by atoms with Crippen molar-refractivity contribution in [3.63, 3.8) is 0 Å². The third-order valence-electron chi connectivity index (χ3n) is 2.87. The Kier molecular flexibility index (Phi) is 7.23. The Hall–Kier alpha value is 0.555. The minimum absolute atomic E-state index is 0.158. The summed E-state index contributed by atoms with van der Waals surface area (Å²) in [6.07, 6.45) is -1.55. The van der Waals surface area contributed by atoms with E-state index < -0.39 is 6.10 Å². The van der Waals surface area contributed by atoms with Gasteiger partial charge in [-0.05, 0) is 0 Å². The highest BCUT2D eigenvalue weighted by molar-refractivity contribution is 14.1. The summed E-state index contributed by atoms with van der Waals surface area (Å²) in [5.74, 6) is 0. The van der Waals surface area contributed by atoms with E-state index in [0.717, 1.165) is 0 Å². The molecule has 3 unspecified atom stereocenters. The molecule has 1 fully saturated rings. The molecule has 17 heavy (non-hydrogen) atoms.